The quantitative estimate of drug-likeness (QED) is 0.191. The van der Waals surface area contributed by atoms with Crippen molar-refractivity contribution >= 4 is 47.8 Å². The summed E-state index contributed by atoms with van der Waals surface area (Å²) < 4.78 is 8.22. The molecule has 40 heavy (non-hydrogen) atoms. The normalized spacial score (nSPS) is 11.4. The summed E-state index contributed by atoms with van der Waals surface area (Å²) in [6, 6.07) is 65.3. The van der Waals surface area contributed by atoms with Crippen LogP contribution in [-0.2, 0) is 21.5 Å². The second kappa shape index (κ2) is 12.6. The van der Waals surface area contributed by atoms with Gasteiger partial charge in [-0.1, -0.05) is 182 Å². The first kappa shape index (κ1) is 27.8. The summed E-state index contributed by atoms with van der Waals surface area (Å²) in [7, 11) is -6.09. The largest absolute Gasteiger partial charge is 0.435 e. The molecule has 0 bridgehead atoms. The molecule has 0 aromatic heterocycles. The van der Waals surface area contributed by atoms with E-state index in [1.807, 2.05) is 0 Å². The van der Waals surface area contributed by atoms with Crippen molar-refractivity contribution in [3.63, 3.8) is 0 Å². The van der Waals surface area contributed by atoms with Crippen LogP contribution in [0.1, 0.15) is 0 Å². The van der Waals surface area contributed by atoms with Gasteiger partial charge >= 0.3 is 0 Å². The van der Waals surface area contributed by atoms with E-state index in [0.29, 0.717) is 0 Å². The Morgan fingerprint density at radius 2 is 0.400 bits per heavy atom. The summed E-state index contributed by atoms with van der Waals surface area (Å²) in [5, 5.41) is 7.43. The minimum atomic E-state index is -3.05. The van der Waals surface area contributed by atoms with E-state index in [9.17, 15) is 0 Å². The summed E-state index contributed by atoms with van der Waals surface area (Å²) in [6.07, 6.45) is 0. The molecule has 0 spiro atoms. The fourth-order valence-corrected chi connectivity index (χ4v) is 16.3. The van der Waals surface area contributed by atoms with Crippen molar-refractivity contribution in [3.05, 3.63) is 182 Å². The first-order valence-corrected chi connectivity index (χ1v) is 17.2. The number of rotatable bonds is 8. The Hall–Kier alpha value is -3.75. The Morgan fingerprint density at radius 3 is 0.550 bits per heavy atom. The zero-order valence-electron chi connectivity index (χ0n) is 22.1. The standard InChI is InChI=1S/C36H30OSi2.Cr/c1-7-19-31(20-8-1)38(32-21-9-2-10-22-32,33-23-11-3-12-24-33)37-39(34-25-13-4-14-26-34,35-27-15-5-16-28-35)36-29-17-6-18-30-36;/h1-30H;. The zero-order valence-corrected chi connectivity index (χ0v) is 25.4. The molecule has 0 fully saturated rings. The number of hydrogen-bond donors (Lipinski definition) is 0. The van der Waals surface area contributed by atoms with Crippen LogP contribution in [0.3, 0.4) is 0 Å². The summed E-state index contributed by atoms with van der Waals surface area (Å²) in [5.74, 6) is 0. The maximum absolute atomic E-state index is 8.22. The third-order valence-corrected chi connectivity index (χ3v) is 16.7. The first-order valence-electron chi connectivity index (χ1n) is 13.4. The number of benzene rings is 6. The van der Waals surface area contributed by atoms with Crippen LogP contribution in [0, 0.1) is 0 Å². The minimum absolute atomic E-state index is 0. The molecular weight excluding hydrogens is 557 g/mol. The van der Waals surface area contributed by atoms with Gasteiger partial charge in [-0.05, 0) is 31.1 Å². The first-order chi connectivity index (χ1) is 19.3. The SMILES string of the molecule is [Cr].c1ccc([Si](O[Si](c2ccccc2)(c2ccccc2)c2ccccc2)(c2ccccc2)c2ccccc2)cc1. The molecule has 0 saturated carbocycles. The molecule has 0 atom stereocenters. The van der Waals surface area contributed by atoms with Gasteiger partial charge in [-0.2, -0.15) is 0 Å². The topological polar surface area (TPSA) is 9.23 Å². The molecule has 6 aromatic rings. The zero-order chi connectivity index (χ0) is 26.4. The molecule has 4 heteroatoms. The summed E-state index contributed by atoms with van der Waals surface area (Å²) in [5.41, 5.74) is 0. The van der Waals surface area contributed by atoms with Crippen LogP contribution in [0.15, 0.2) is 182 Å². The van der Waals surface area contributed by atoms with Crippen molar-refractivity contribution < 1.29 is 21.5 Å². The summed E-state index contributed by atoms with van der Waals surface area (Å²) in [6.45, 7) is 0. The van der Waals surface area contributed by atoms with Crippen LogP contribution in [0.4, 0.5) is 0 Å². The molecular formula is C36H30CrOSi2. The van der Waals surface area contributed by atoms with Gasteiger partial charge in [0.25, 0.3) is 16.6 Å². The maximum atomic E-state index is 8.22. The Kier molecular flexibility index (Phi) is 8.77. The molecule has 6 rings (SSSR count). The third kappa shape index (κ3) is 5.09. The van der Waals surface area contributed by atoms with Gasteiger partial charge in [0, 0.05) is 17.4 Å². The predicted molar refractivity (Wildman–Crippen MR) is 169 cm³/mol. The van der Waals surface area contributed by atoms with Gasteiger partial charge in [0.05, 0.1) is 0 Å². The van der Waals surface area contributed by atoms with E-state index in [-0.39, 0.29) is 17.4 Å². The monoisotopic (exact) mass is 586 g/mol. The molecule has 0 radical (unpaired) electrons. The predicted octanol–water partition coefficient (Wildman–Crippen LogP) is 4.33. The fourth-order valence-electron chi connectivity index (χ4n) is 5.62. The fraction of sp³-hybridized carbons (Fsp3) is 0. The van der Waals surface area contributed by atoms with Gasteiger partial charge in [-0.25, -0.2) is 0 Å². The van der Waals surface area contributed by atoms with Crippen molar-refractivity contribution in [1.82, 2.24) is 0 Å². The maximum Gasteiger partial charge on any atom is 0.278 e. The molecule has 0 aliphatic heterocycles. The number of hydrogen-bond acceptors (Lipinski definition) is 1. The second-order valence-corrected chi connectivity index (χ2v) is 16.7. The summed E-state index contributed by atoms with van der Waals surface area (Å²) in [4.78, 5) is 0. The Bertz CT molecular complexity index is 1280. The molecule has 0 N–H and O–H groups in total. The van der Waals surface area contributed by atoms with E-state index < -0.39 is 16.6 Å². The van der Waals surface area contributed by atoms with Gasteiger partial charge in [0.2, 0.25) is 0 Å². The third-order valence-electron chi connectivity index (χ3n) is 7.39. The van der Waals surface area contributed by atoms with Crippen LogP contribution in [-0.4, -0.2) is 16.6 Å². The molecule has 0 aliphatic rings. The van der Waals surface area contributed by atoms with Crippen LogP contribution in [0.2, 0.25) is 0 Å². The van der Waals surface area contributed by atoms with Crippen LogP contribution < -0.4 is 31.1 Å². The minimum Gasteiger partial charge on any atom is -0.435 e. The smallest absolute Gasteiger partial charge is 0.278 e. The van der Waals surface area contributed by atoms with E-state index in [1.165, 1.54) is 31.1 Å². The van der Waals surface area contributed by atoms with Crippen molar-refractivity contribution in [2.45, 2.75) is 0 Å². The van der Waals surface area contributed by atoms with Gasteiger partial charge in [-0.3, -0.25) is 0 Å². The van der Waals surface area contributed by atoms with E-state index in [2.05, 4.69) is 182 Å². The van der Waals surface area contributed by atoms with Gasteiger partial charge in [-0.15, -0.1) is 0 Å². The molecule has 0 aliphatic carbocycles. The molecule has 0 saturated heterocycles. The van der Waals surface area contributed by atoms with Crippen molar-refractivity contribution in [3.8, 4) is 0 Å². The van der Waals surface area contributed by atoms with Gasteiger partial charge in [0.15, 0.2) is 0 Å². The Balaban J connectivity index is 0.00000323. The Morgan fingerprint density at radius 1 is 0.250 bits per heavy atom. The van der Waals surface area contributed by atoms with E-state index in [4.69, 9.17) is 4.12 Å². The van der Waals surface area contributed by atoms with Gasteiger partial charge < -0.3 is 4.12 Å². The van der Waals surface area contributed by atoms with Crippen LogP contribution in [0.25, 0.3) is 0 Å². The van der Waals surface area contributed by atoms with Crippen molar-refractivity contribution in [2.24, 2.45) is 0 Å². The molecule has 0 unspecified atom stereocenters. The van der Waals surface area contributed by atoms with E-state index >= 15 is 0 Å². The summed E-state index contributed by atoms with van der Waals surface area (Å²) >= 11 is 0. The van der Waals surface area contributed by atoms with Crippen LogP contribution >= 0.6 is 0 Å². The van der Waals surface area contributed by atoms with Crippen LogP contribution in [0.5, 0.6) is 0 Å². The molecule has 194 valence electrons. The second-order valence-electron chi connectivity index (χ2n) is 9.66. The Labute approximate surface area is 250 Å². The molecule has 0 heterocycles. The van der Waals surface area contributed by atoms with Crippen molar-refractivity contribution in [1.29, 1.82) is 0 Å². The van der Waals surface area contributed by atoms with Gasteiger partial charge in [0.1, 0.15) is 0 Å². The average molecular weight is 587 g/mol. The van der Waals surface area contributed by atoms with E-state index in [1.54, 1.807) is 0 Å². The van der Waals surface area contributed by atoms with E-state index in [0.717, 1.165) is 0 Å². The molecule has 6 aromatic carbocycles. The molecule has 1 nitrogen and oxygen atoms in total. The average Bonchev–Trinajstić information content (AvgIpc) is 3.04. The van der Waals surface area contributed by atoms with Crippen molar-refractivity contribution in [2.75, 3.05) is 0 Å². The molecule has 0 amide bonds.